The third-order valence-corrected chi connectivity index (χ3v) is 5.75. The largest absolute Gasteiger partial charge is 0.354 e. The van der Waals surface area contributed by atoms with Crippen LogP contribution in [0.2, 0.25) is 0 Å². The Balaban J connectivity index is 1.37. The summed E-state index contributed by atoms with van der Waals surface area (Å²) < 4.78 is 0. The third-order valence-electron chi connectivity index (χ3n) is 4.75. The van der Waals surface area contributed by atoms with Crippen molar-refractivity contribution in [3.63, 3.8) is 0 Å². The van der Waals surface area contributed by atoms with Gasteiger partial charge in [-0.15, -0.1) is 11.8 Å². The van der Waals surface area contributed by atoms with E-state index in [0.29, 0.717) is 12.3 Å². The lowest BCUT2D eigenvalue weighted by molar-refractivity contribution is -0.118. The summed E-state index contributed by atoms with van der Waals surface area (Å²) >= 11 is 1.64. The van der Waals surface area contributed by atoms with E-state index in [4.69, 9.17) is 0 Å². The van der Waals surface area contributed by atoms with Crippen molar-refractivity contribution in [2.24, 2.45) is 0 Å². The van der Waals surface area contributed by atoms with Crippen molar-refractivity contribution >= 4 is 23.5 Å². The fourth-order valence-corrected chi connectivity index (χ4v) is 3.76. The summed E-state index contributed by atoms with van der Waals surface area (Å²) in [4.78, 5) is 21.2. The summed E-state index contributed by atoms with van der Waals surface area (Å²) in [7, 11) is 2.15. The molecule has 0 radical (unpaired) electrons. The molecular formula is C21H28N4OS. The number of carbonyl (C=O) groups is 1. The van der Waals surface area contributed by atoms with Crippen LogP contribution in [0.5, 0.6) is 0 Å². The summed E-state index contributed by atoms with van der Waals surface area (Å²) in [6.07, 6.45) is 1.87. The minimum absolute atomic E-state index is 0.0651. The Morgan fingerprint density at radius 2 is 1.78 bits per heavy atom. The normalized spacial score (nSPS) is 15.0. The van der Waals surface area contributed by atoms with Crippen LogP contribution >= 0.6 is 11.8 Å². The van der Waals surface area contributed by atoms with Crippen molar-refractivity contribution < 1.29 is 4.79 Å². The average Bonchev–Trinajstić information content (AvgIpc) is 2.69. The molecular weight excluding hydrogens is 356 g/mol. The number of aromatic nitrogens is 1. The molecule has 0 atom stereocenters. The fourth-order valence-electron chi connectivity index (χ4n) is 2.94. The molecule has 3 rings (SSSR count). The molecule has 1 aliphatic heterocycles. The van der Waals surface area contributed by atoms with Gasteiger partial charge in [-0.3, -0.25) is 4.79 Å². The lowest BCUT2D eigenvalue weighted by atomic mass is 10.2. The first kappa shape index (κ1) is 19.7. The average molecular weight is 385 g/mol. The highest BCUT2D eigenvalue weighted by Crippen LogP contribution is 2.14. The number of carbonyl (C=O) groups excluding carboxylic acids is 1. The van der Waals surface area contributed by atoms with Crippen molar-refractivity contribution in [2.75, 3.05) is 43.9 Å². The maximum absolute atomic E-state index is 12.0. The number of nitrogens with zero attached hydrogens (tertiary/aromatic N) is 3. The van der Waals surface area contributed by atoms with Crippen LogP contribution in [0.4, 0.5) is 5.82 Å². The number of likely N-dealkylation sites (N-methyl/N-ethyl adjacent to an activating group) is 1. The van der Waals surface area contributed by atoms with Gasteiger partial charge in [0.05, 0.1) is 5.75 Å². The molecule has 0 aliphatic carbocycles. The number of piperazine rings is 1. The quantitative estimate of drug-likeness (QED) is 0.795. The van der Waals surface area contributed by atoms with Gasteiger partial charge in [0, 0.05) is 44.7 Å². The minimum atomic E-state index is 0.0651. The van der Waals surface area contributed by atoms with Gasteiger partial charge in [-0.2, -0.15) is 0 Å². The molecule has 1 N–H and O–H groups in total. The summed E-state index contributed by atoms with van der Waals surface area (Å²) in [5.74, 6) is 2.41. The molecule has 1 fully saturated rings. The zero-order valence-corrected chi connectivity index (χ0v) is 17.0. The standard InChI is InChI=1S/C21H28N4OS/c1-17-3-5-18(6-4-17)15-27-16-21(26)23-14-19-7-8-20(22-13-19)25-11-9-24(2)10-12-25/h3-8,13H,9-12,14-16H2,1-2H3,(H,23,26). The molecule has 5 nitrogen and oxygen atoms in total. The number of pyridine rings is 1. The zero-order valence-electron chi connectivity index (χ0n) is 16.1. The molecule has 6 heteroatoms. The Morgan fingerprint density at radius 3 is 2.44 bits per heavy atom. The highest BCUT2D eigenvalue weighted by Gasteiger charge is 2.14. The Kier molecular flexibility index (Phi) is 7.12. The summed E-state index contributed by atoms with van der Waals surface area (Å²) in [6, 6.07) is 12.6. The molecule has 1 amide bonds. The first-order valence-corrected chi connectivity index (χ1v) is 10.5. The molecule has 144 valence electrons. The molecule has 0 bridgehead atoms. The van der Waals surface area contributed by atoms with Gasteiger partial charge in [0.2, 0.25) is 5.91 Å². The van der Waals surface area contributed by atoms with Gasteiger partial charge in [0.1, 0.15) is 5.82 Å². The van der Waals surface area contributed by atoms with E-state index in [0.717, 1.165) is 43.3 Å². The number of anilines is 1. The number of hydrogen-bond donors (Lipinski definition) is 1. The van der Waals surface area contributed by atoms with Crippen molar-refractivity contribution in [3.8, 4) is 0 Å². The van der Waals surface area contributed by atoms with Gasteiger partial charge >= 0.3 is 0 Å². The first-order chi connectivity index (χ1) is 13.1. The molecule has 0 saturated carbocycles. The van der Waals surface area contributed by atoms with Crippen LogP contribution in [-0.2, 0) is 17.1 Å². The van der Waals surface area contributed by atoms with E-state index in [2.05, 4.69) is 70.5 Å². The zero-order chi connectivity index (χ0) is 19.1. The predicted octanol–water partition coefficient (Wildman–Crippen LogP) is 2.69. The Bertz CT molecular complexity index is 725. The van der Waals surface area contributed by atoms with Crippen LogP contribution in [-0.4, -0.2) is 54.8 Å². The number of nitrogens with one attached hydrogen (secondary N) is 1. The summed E-state index contributed by atoms with van der Waals surface area (Å²) in [5.41, 5.74) is 3.54. The van der Waals surface area contributed by atoms with E-state index in [1.54, 1.807) is 11.8 Å². The lowest BCUT2D eigenvalue weighted by Crippen LogP contribution is -2.44. The molecule has 2 heterocycles. The number of aryl methyl sites for hydroxylation is 1. The van der Waals surface area contributed by atoms with Crippen LogP contribution in [0.25, 0.3) is 0 Å². The van der Waals surface area contributed by atoms with E-state index in [-0.39, 0.29) is 5.91 Å². The third kappa shape index (κ3) is 6.26. The highest BCUT2D eigenvalue weighted by molar-refractivity contribution is 7.99. The molecule has 2 aromatic rings. The van der Waals surface area contributed by atoms with Crippen LogP contribution < -0.4 is 10.2 Å². The van der Waals surface area contributed by atoms with Crippen LogP contribution in [0.15, 0.2) is 42.6 Å². The Hall–Kier alpha value is -2.05. The second-order valence-corrected chi connectivity index (χ2v) is 8.06. The number of thioether (sulfide) groups is 1. The first-order valence-electron chi connectivity index (χ1n) is 9.38. The van der Waals surface area contributed by atoms with Crippen molar-refractivity contribution in [3.05, 3.63) is 59.3 Å². The van der Waals surface area contributed by atoms with Crippen LogP contribution in [0.3, 0.4) is 0 Å². The molecule has 0 spiro atoms. The lowest BCUT2D eigenvalue weighted by Gasteiger charge is -2.33. The van der Waals surface area contributed by atoms with E-state index < -0.39 is 0 Å². The fraction of sp³-hybridized carbons (Fsp3) is 0.429. The second kappa shape index (κ2) is 9.76. The maximum Gasteiger partial charge on any atom is 0.230 e. The topological polar surface area (TPSA) is 48.5 Å². The van der Waals surface area contributed by atoms with E-state index in [9.17, 15) is 4.79 Å². The molecule has 27 heavy (non-hydrogen) atoms. The van der Waals surface area contributed by atoms with Gasteiger partial charge in [0.15, 0.2) is 0 Å². The Morgan fingerprint density at radius 1 is 1.07 bits per heavy atom. The van der Waals surface area contributed by atoms with E-state index in [1.807, 2.05) is 6.20 Å². The molecule has 1 aromatic carbocycles. The van der Waals surface area contributed by atoms with Crippen LogP contribution in [0.1, 0.15) is 16.7 Å². The molecule has 0 unspecified atom stereocenters. The number of hydrogen-bond acceptors (Lipinski definition) is 5. The van der Waals surface area contributed by atoms with Gasteiger partial charge in [-0.1, -0.05) is 35.9 Å². The SMILES string of the molecule is Cc1ccc(CSCC(=O)NCc2ccc(N3CCN(C)CC3)nc2)cc1. The van der Waals surface area contributed by atoms with Crippen LogP contribution in [0, 0.1) is 6.92 Å². The van der Waals surface area contributed by atoms with Crippen molar-refractivity contribution in [2.45, 2.75) is 19.2 Å². The van der Waals surface area contributed by atoms with Crippen molar-refractivity contribution in [1.29, 1.82) is 0 Å². The predicted molar refractivity (Wildman–Crippen MR) is 113 cm³/mol. The summed E-state index contributed by atoms with van der Waals surface area (Å²) in [5, 5.41) is 2.98. The van der Waals surface area contributed by atoms with Gasteiger partial charge < -0.3 is 15.1 Å². The monoisotopic (exact) mass is 384 g/mol. The van der Waals surface area contributed by atoms with Gasteiger partial charge in [0.25, 0.3) is 0 Å². The maximum atomic E-state index is 12.0. The van der Waals surface area contributed by atoms with Gasteiger partial charge in [-0.05, 0) is 31.2 Å². The number of rotatable bonds is 7. The molecule has 1 aromatic heterocycles. The second-order valence-electron chi connectivity index (χ2n) is 7.07. The Labute approximate surface area is 166 Å². The molecule has 1 saturated heterocycles. The number of benzene rings is 1. The number of amides is 1. The van der Waals surface area contributed by atoms with Crippen molar-refractivity contribution in [1.82, 2.24) is 15.2 Å². The summed E-state index contributed by atoms with van der Waals surface area (Å²) in [6.45, 7) is 6.77. The van der Waals surface area contributed by atoms with E-state index >= 15 is 0 Å². The minimum Gasteiger partial charge on any atom is -0.354 e. The van der Waals surface area contributed by atoms with E-state index in [1.165, 1.54) is 11.1 Å². The molecule has 1 aliphatic rings. The highest BCUT2D eigenvalue weighted by atomic mass is 32.2. The van der Waals surface area contributed by atoms with Gasteiger partial charge in [-0.25, -0.2) is 4.98 Å². The smallest absolute Gasteiger partial charge is 0.230 e.